The second-order valence-corrected chi connectivity index (χ2v) is 7.58. The van der Waals surface area contributed by atoms with E-state index in [1.54, 1.807) is 36.4 Å². The van der Waals surface area contributed by atoms with Gasteiger partial charge in [0.25, 0.3) is 17.5 Å². The van der Waals surface area contributed by atoms with E-state index in [2.05, 4.69) is 5.32 Å². The molecule has 2 heterocycles. The van der Waals surface area contributed by atoms with E-state index in [0.717, 1.165) is 0 Å². The molecule has 1 fully saturated rings. The number of ether oxygens (including phenoxy) is 1. The van der Waals surface area contributed by atoms with Crippen molar-refractivity contribution in [1.82, 2.24) is 5.32 Å². The molecule has 0 saturated carbocycles. The number of nitrogens with zero attached hydrogens (tertiary/aromatic N) is 2. The van der Waals surface area contributed by atoms with Gasteiger partial charge in [0.15, 0.2) is 5.11 Å². The van der Waals surface area contributed by atoms with Crippen LogP contribution in [-0.2, 0) is 9.59 Å². The molecule has 1 aliphatic heterocycles. The average molecular weight is 484 g/mol. The first kappa shape index (κ1) is 22.2. The lowest BCUT2D eigenvalue weighted by molar-refractivity contribution is -0.384. The zero-order chi connectivity index (χ0) is 23.7. The molecule has 0 radical (unpaired) electrons. The SMILES string of the molecule is COc1ccc(N2C(=O)/C(=C/c3ccc(-c4ccc(Cl)c([N+](=O)[O-])c4)o3)C(=O)NC2=S)cc1. The van der Waals surface area contributed by atoms with Gasteiger partial charge in [0.2, 0.25) is 0 Å². The molecule has 9 nitrogen and oxygen atoms in total. The van der Waals surface area contributed by atoms with Crippen molar-refractivity contribution in [3.05, 3.63) is 81.1 Å². The van der Waals surface area contributed by atoms with Crippen LogP contribution in [0.1, 0.15) is 5.76 Å². The molecule has 33 heavy (non-hydrogen) atoms. The number of methoxy groups -OCH3 is 1. The van der Waals surface area contributed by atoms with Crippen molar-refractivity contribution >= 4 is 58.2 Å². The van der Waals surface area contributed by atoms with E-state index < -0.39 is 16.7 Å². The Bertz CT molecular complexity index is 1330. The van der Waals surface area contributed by atoms with Gasteiger partial charge in [0, 0.05) is 11.6 Å². The summed E-state index contributed by atoms with van der Waals surface area (Å²) < 4.78 is 10.8. The Morgan fingerprint density at radius 3 is 2.55 bits per heavy atom. The molecule has 1 aromatic heterocycles. The second kappa shape index (κ2) is 8.85. The number of furan rings is 1. The largest absolute Gasteiger partial charge is 0.497 e. The molecule has 1 saturated heterocycles. The van der Waals surface area contributed by atoms with Gasteiger partial charge < -0.3 is 9.15 Å². The number of hydrogen-bond donors (Lipinski definition) is 1. The van der Waals surface area contributed by atoms with Crippen molar-refractivity contribution in [3.8, 4) is 17.1 Å². The smallest absolute Gasteiger partial charge is 0.288 e. The molecule has 2 amide bonds. The van der Waals surface area contributed by atoms with Crippen LogP contribution in [0, 0.1) is 10.1 Å². The number of nitro benzene ring substituents is 1. The number of rotatable bonds is 5. The van der Waals surface area contributed by atoms with Crippen LogP contribution in [0.5, 0.6) is 5.75 Å². The fraction of sp³-hybridized carbons (Fsp3) is 0.0455. The zero-order valence-electron chi connectivity index (χ0n) is 16.9. The van der Waals surface area contributed by atoms with Crippen LogP contribution < -0.4 is 15.0 Å². The van der Waals surface area contributed by atoms with Crippen LogP contribution in [0.2, 0.25) is 5.02 Å². The van der Waals surface area contributed by atoms with Gasteiger partial charge in [0.05, 0.1) is 17.7 Å². The van der Waals surface area contributed by atoms with Gasteiger partial charge in [-0.2, -0.15) is 0 Å². The van der Waals surface area contributed by atoms with Gasteiger partial charge in [-0.3, -0.25) is 29.9 Å². The molecule has 0 bridgehead atoms. The minimum absolute atomic E-state index is 0.00304. The van der Waals surface area contributed by atoms with Crippen LogP contribution in [0.15, 0.2) is 64.6 Å². The standard InChI is InChI=1S/C22H14ClN3O6S/c1-31-14-5-3-13(4-6-14)25-21(28)16(20(27)24-22(25)33)11-15-7-9-19(32-15)12-2-8-17(23)18(10-12)26(29)30/h2-11H,1H3,(H,24,27,33)/b16-11+. The Hall–Kier alpha value is -4.02. The normalized spacial score (nSPS) is 15.0. The lowest BCUT2D eigenvalue weighted by Gasteiger charge is -2.28. The maximum absolute atomic E-state index is 13.1. The third kappa shape index (κ3) is 4.34. The van der Waals surface area contributed by atoms with Gasteiger partial charge in [-0.05, 0) is 66.8 Å². The lowest BCUT2D eigenvalue weighted by Crippen LogP contribution is -2.54. The molecule has 0 spiro atoms. The van der Waals surface area contributed by atoms with Crippen molar-refractivity contribution in [1.29, 1.82) is 0 Å². The molecule has 1 aliphatic rings. The summed E-state index contributed by atoms with van der Waals surface area (Å²) in [5, 5.41) is 13.6. The monoisotopic (exact) mass is 483 g/mol. The Balaban J connectivity index is 1.66. The number of thiocarbonyl (C=S) groups is 1. The molecule has 0 unspecified atom stereocenters. The van der Waals surface area contributed by atoms with Gasteiger partial charge >= 0.3 is 0 Å². The van der Waals surface area contributed by atoms with Crippen LogP contribution in [-0.4, -0.2) is 29.0 Å². The first-order chi connectivity index (χ1) is 15.8. The van der Waals surface area contributed by atoms with E-state index in [0.29, 0.717) is 22.8 Å². The summed E-state index contributed by atoms with van der Waals surface area (Å²) in [4.78, 5) is 37.3. The third-order valence-corrected chi connectivity index (χ3v) is 5.38. The number of benzene rings is 2. The molecular weight excluding hydrogens is 470 g/mol. The molecule has 1 N–H and O–H groups in total. The van der Waals surface area contributed by atoms with E-state index in [4.69, 9.17) is 33.0 Å². The fourth-order valence-corrected chi connectivity index (χ4v) is 3.62. The highest BCUT2D eigenvalue weighted by Crippen LogP contribution is 2.32. The summed E-state index contributed by atoms with van der Waals surface area (Å²) in [7, 11) is 1.52. The number of nitro groups is 1. The van der Waals surface area contributed by atoms with Crippen LogP contribution >= 0.6 is 23.8 Å². The van der Waals surface area contributed by atoms with Crippen molar-refractivity contribution in [2.75, 3.05) is 12.0 Å². The Labute approximate surface area is 197 Å². The summed E-state index contributed by atoms with van der Waals surface area (Å²) >= 11 is 11.0. The van der Waals surface area contributed by atoms with Crippen molar-refractivity contribution in [2.24, 2.45) is 0 Å². The first-order valence-electron chi connectivity index (χ1n) is 9.38. The Kier molecular flexibility index (Phi) is 5.95. The van der Waals surface area contributed by atoms with E-state index in [1.807, 2.05) is 0 Å². The van der Waals surface area contributed by atoms with Gasteiger partial charge in [-0.1, -0.05) is 11.6 Å². The minimum Gasteiger partial charge on any atom is -0.497 e. The van der Waals surface area contributed by atoms with Crippen LogP contribution in [0.3, 0.4) is 0 Å². The summed E-state index contributed by atoms with van der Waals surface area (Å²) in [6.07, 6.45) is 1.28. The number of halogens is 1. The summed E-state index contributed by atoms with van der Waals surface area (Å²) in [6, 6.07) is 13.9. The molecule has 11 heteroatoms. The van der Waals surface area contributed by atoms with Crippen molar-refractivity contribution in [2.45, 2.75) is 0 Å². The quantitative estimate of drug-likeness (QED) is 0.188. The average Bonchev–Trinajstić information content (AvgIpc) is 3.26. The first-order valence-corrected chi connectivity index (χ1v) is 10.2. The van der Waals surface area contributed by atoms with Crippen LogP contribution in [0.4, 0.5) is 11.4 Å². The number of hydrogen-bond acceptors (Lipinski definition) is 7. The molecule has 166 valence electrons. The molecule has 0 atom stereocenters. The maximum atomic E-state index is 13.1. The van der Waals surface area contributed by atoms with Crippen LogP contribution in [0.25, 0.3) is 17.4 Å². The third-order valence-electron chi connectivity index (χ3n) is 4.77. The predicted molar refractivity (Wildman–Crippen MR) is 125 cm³/mol. The van der Waals surface area contributed by atoms with E-state index in [-0.39, 0.29) is 27.2 Å². The maximum Gasteiger partial charge on any atom is 0.288 e. The highest BCUT2D eigenvalue weighted by Gasteiger charge is 2.34. The Morgan fingerprint density at radius 2 is 1.88 bits per heavy atom. The summed E-state index contributed by atoms with van der Waals surface area (Å²) in [5.41, 5.74) is 0.403. The zero-order valence-corrected chi connectivity index (χ0v) is 18.5. The number of carbonyl (C=O) groups excluding carboxylic acids is 2. The molecular formula is C22H14ClN3O6S. The van der Waals surface area contributed by atoms with E-state index in [9.17, 15) is 19.7 Å². The van der Waals surface area contributed by atoms with E-state index >= 15 is 0 Å². The second-order valence-electron chi connectivity index (χ2n) is 6.78. The number of carbonyl (C=O) groups is 2. The van der Waals surface area contributed by atoms with Gasteiger partial charge in [-0.25, -0.2) is 0 Å². The van der Waals surface area contributed by atoms with Crippen molar-refractivity contribution < 1.29 is 23.7 Å². The minimum atomic E-state index is -0.671. The molecule has 2 aromatic carbocycles. The molecule has 3 aromatic rings. The Morgan fingerprint density at radius 1 is 1.15 bits per heavy atom. The number of amides is 2. The number of nitrogens with one attached hydrogen (secondary N) is 1. The molecule has 4 rings (SSSR count). The highest BCUT2D eigenvalue weighted by atomic mass is 35.5. The van der Waals surface area contributed by atoms with E-state index in [1.165, 1.54) is 36.3 Å². The lowest BCUT2D eigenvalue weighted by atomic mass is 10.1. The van der Waals surface area contributed by atoms with Crippen molar-refractivity contribution in [3.63, 3.8) is 0 Å². The molecule has 0 aliphatic carbocycles. The summed E-state index contributed by atoms with van der Waals surface area (Å²) in [6.45, 7) is 0. The topological polar surface area (TPSA) is 115 Å². The predicted octanol–water partition coefficient (Wildman–Crippen LogP) is 4.35. The van der Waals surface area contributed by atoms with Gasteiger partial charge in [0.1, 0.15) is 27.9 Å². The number of anilines is 1. The summed E-state index contributed by atoms with van der Waals surface area (Å²) in [5.74, 6) is -0.209. The highest BCUT2D eigenvalue weighted by molar-refractivity contribution is 7.80. The van der Waals surface area contributed by atoms with Gasteiger partial charge in [-0.15, -0.1) is 0 Å². The fourth-order valence-electron chi connectivity index (χ4n) is 3.16.